The van der Waals surface area contributed by atoms with Crippen LogP contribution in [0.2, 0.25) is 0 Å². The molecule has 0 amide bonds. The molecule has 0 aromatic rings. The maximum Gasteiger partial charge on any atom is 6.00 e. The molecule has 0 atom stereocenters. The second-order valence-corrected chi connectivity index (χ2v) is 1.34. The van der Waals surface area contributed by atoms with Crippen molar-refractivity contribution >= 4 is 10.4 Å². The molecule has 0 fully saturated rings. The molecule has 9 heavy (non-hydrogen) atoms. The molecule has 0 radical (unpaired) electrons. The Bertz CT molecular complexity index is 92.1. The molecule has 0 unspecified atom stereocenters. The van der Waals surface area contributed by atoms with Gasteiger partial charge in [-0.1, -0.05) is 0 Å². The molecule has 0 saturated heterocycles. The fourth-order valence-corrected chi connectivity index (χ4v) is 0. The van der Waals surface area contributed by atoms with Gasteiger partial charge in [0.15, 0.2) is 0 Å². The van der Waals surface area contributed by atoms with Crippen LogP contribution in [0.15, 0.2) is 0 Å². The molecule has 2 N–H and O–H groups in total. The standard InChI is InChI=1S/H2O4S.3O.W/c1-5(2,3)4;;;;/h(H2,1,2,3,4);;;;/q;3*-2;+6. The summed E-state index contributed by atoms with van der Waals surface area (Å²) in [4.78, 5) is 0. The van der Waals surface area contributed by atoms with Gasteiger partial charge in [0.05, 0.1) is 0 Å². The Kier molecular flexibility index (Phi) is 42.7. The molecule has 9 heteroatoms. The third-order valence-electron chi connectivity index (χ3n) is 0. The van der Waals surface area contributed by atoms with Crippen molar-refractivity contribution in [1.29, 1.82) is 0 Å². The first kappa shape index (κ1) is 34.1. The van der Waals surface area contributed by atoms with Crippen LogP contribution in [0.5, 0.6) is 0 Å². The van der Waals surface area contributed by atoms with E-state index in [1.165, 1.54) is 0 Å². The van der Waals surface area contributed by atoms with Crippen LogP contribution in [0.1, 0.15) is 0 Å². The van der Waals surface area contributed by atoms with Crippen molar-refractivity contribution in [2.24, 2.45) is 0 Å². The van der Waals surface area contributed by atoms with E-state index in [9.17, 15) is 0 Å². The molecule has 0 saturated carbocycles. The zero-order chi connectivity index (χ0) is 4.50. The third kappa shape index (κ3) is 1820. The van der Waals surface area contributed by atoms with Crippen LogP contribution in [0.25, 0.3) is 0 Å². The van der Waals surface area contributed by atoms with Gasteiger partial charge in [-0.3, -0.25) is 9.11 Å². The predicted octanol–water partition coefficient (Wildman–Crippen LogP) is -1.01. The summed E-state index contributed by atoms with van der Waals surface area (Å²) in [5.41, 5.74) is 0. The molecule has 0 aromatic carbocycles. The van der Waals surface area contributed by atoms with Gasteiger partial charge in [0.25, 0.3) is 0 Å². The normalized spacial score (nSPS) is 6.44. The minimum Gasteiger partial charge on any atom is -2.00 e. The third-order valence-corrected chi connectivity index (χ3v) is 0. The van der Waals surface area contributed by atoms with Gasteiger partial charge in [0, 0.05) is 0 Å². The Morgan fingerprint density at radius 1 is 0.889 bits per heavy atom. The molecule has 0 aliphatic carbocycles. The van der Waals surface area contributed by atoms with Gasteiger partial charge in [-0.15, -0.1) is 0 Å². The largest absolute Gasteiger partial charge is 6.00 e. The molecule has 0 aliphatic heterocycles. The zero-order valence-electron chi connectivity index (χ0n) is 3.75. The summed E-state index contributed by atoms with van der Waals surface area (Å²) in [5, 5.41) is 0. The first-order valence-corrected chi connectivity index (χ1v) is 2.10. The minimum atomic E-state index is -4.67. The molecular weight excluding hydrogens is 328 g/mol. The Morgan fingerprint density at radius 3 is 0.889 bits per heavy atom. The molecular formula is H2O7SW. The van der Waals surface area contributed by atoms with Crippen LogP contribution in [0.4, 0.5) is 0 Å². The second kappa shape index (κ2) is 11.3. The average Bonchev–Trinajstić information content (AvgIpc) is 0.722. The van der Waals surface area contributed by atoms with E-state index in [0.29, 0.717) is 0 Å². The second-order valence-electron chi connectivity index (χ2n) is 0.448. The molecule has 0 aromatic heterocycles. The molecule has 0 heterocycles. The van der Waals surface area contributed by atoms with E-state index in [1.807, 2.05) is 0 Å². The van der Waals surface area contributed by atoms with Gasteiger partial charge >= 0.3 is 31.5 Å². The summed E-state index contributed by atoms with van der Waals surface area (Å²) in [6, 6.07) is 0. The Balaban J connectivity index is -0.0000000133. The molecule has 0 spiro atoms. The van der Waals surface area contributed by atoms with E-state index in [1.54, 1.807) is 0 Å². The van der Waals surface area contributed by atoms with Crippen molar-refractivity contribution in [2.75, 3.05) is 0 Å². The van der Waals surface area contributed by atoms with Crippen LogP contribution >= 0.6 is 0 Å². The van der Waals surface area contributed by atoms with Crippen molar-refractivity contribution in [3.63, 3.8) is 0 Å². The van der Waals surface area contributed by atoms with Crippen LogP contribution in [0.3, 0.4) is 0 Å². The number of hydrogen-bond acceptors (Lipinski definition) is 2. The van der Waals surface area contributed by atoms with Crippen molar-refractivity contribution in [2.45, 2.75) is 0 Å². The topological polar surface area (TPSA) is 160 Å². The van der Waals surface area contributed by atoms with Crippen molar-refractivity contribution in [1.82, 2.24) is 0 Å². The summed E-state index contributed by atoms with van der Waals surface area (Å²) in [6.07, 6.45) is 0. The average molecular weight is 330 g/mol. The molecule has 0 rings (SSSR count). The van der Waals surface area contributed by atoms with E-state index in [0.717, 1.165) is 0 Å². The summed E-state index contributed by atoms with van der Waals surface area (Å²) < 4.78 is 31.6. The van der Waals surface area contributed by atoms with E-state index < -0.39 is 10.4 Å². The SMILES string of the molecule is O=S(=O)(O)O.[O-2].[O-2].[O-2].[W+6]. The Hall–Kier alpha value is 0.438. The fraction of sp³-hybridized carbons (Fsp3) is 0. The molecule has 7 nitrogen and oxygen atoms in total. The summed E-state index contributed by atoms with van der Waals surface area (Å²) in [7, 11) is -4.67. The Morgan fingerprint density at radius 2 is 0.889 bits per heavy atom. The first-order valence-electron chi connectivity index (χ1n) is 0.698. The van der Waals surface area contributed by atoms with Gasteiger partial charge in [-0.25, -0.2) is 0 Å². The van der Waals surface area contributed by atoms with Gasteiger partial charge in [-0.05, 0) is 0 Å². The van der Waals surface area contributed by atoms with Crippen LogP contribution in [0, 0.1) is 0 Å². The summed E-state index contributed by atoms with van der Waals surface area (Å²) in [6.45, 7) is 0. The van der Waals surface area contributed by atoms with Crippen LogP contribution in [-0.2, 0) is 47.9 Å². The van der Waals surface area contributed by atoms with Gasteiger partial charge in [0.1, 0.15) is 0 Å². The first-order chi connectivity index (χ1) is 2.00. The predicted molar refractivity (Wildman–Crippen MR) is 16.2 cm³/mol. The minimum absolute atomic E-state index is 0. The molecule has 0 bridgehead atoms. The van der Waals surface area contributed by atoms with Crippen molar-refractivity contribution < 1.29 is 55.0 Å². The maximum atomic E-state index is 8.74. The number of rotatable bonds is 0. The monoisotopic (exact) mass is 330 g/mol. The molecule has 56 valence electrons. The van der Waals surface area contributed by atoms with E-state index in [4.69, 9.17) is 17.5 Å². The van der Waals surface area contributed by atoms with Crippen molar-refractivity contribution in [3.8, 4) is 0 Å². The maximum absolute atomic E-state index is 8.74. The fourth-order valence-electron chi connectivity index (χ4n) is 0. The van der Waals surface area contributed by atoms with E-state index in [2.05, 4.69) is 0 Å². The van der Waals surface area contributed by atoms with Crippen LogP contribution < -0.4 is 0 Å². The van der Waals surface area contributed by atoms with Crippen LogP contribution in [-0.4, -0.2) is 17.5 Å². The Labute approximate surface area is 65.8 Å². The van der Waals surface area contributed by atoms with E-state index >= 15 is 0 Å². The van der Waals surface area contributed by atoms with Gasteiger partial charge in [0.2, 0.25) is 0 Å². The smallest absolute Gasteiger partial charge is 2.00 e. The molecule has 0 aliphatic rings. The van der Waals surface area contributed by atoms with Gasteiger partial charge < -0.3 is 16.4 Å². The number of hydrogen-bond donors (Lipinski definition) is 2. The van der Waals surface area contributed by atoms with Crippen molar-refractivity contribution in [3.05, 3.63) is 0 Å². The summed E-state index contributed by atoms with van der Waals surface area (Å²) >= 11 is 0. The van der Waals surface area contributed by atoms with E-state index in [-0.39, 0.29) is 37.5 Å². The zero-order valence-corrected chi connectivity index (χ0v) is 7.50. The quantitative estimate of drug-likeness (QED) is 0.545. The summed E-state index contributed by atoms with van der Waals surface area (Å²) in [5.74, 6) is 0. The van der Waals surface area contributed by atoms with Gasteiger partial charge in [-0.2, -0.15) is 8.42 Å².